The third-order valence-electron chi connectivity index (χ3n) is 8.01. The Morgan fingerprint density at radius 2 is 1.79 bits per heavy atom. The summed E-state index contributed by atoms with van der Waals surface area (Å²) in [7, 11) is 1.52. The van der Waals surface area contributed by atoms with Crippen LogP contribution < -0.4 is 19.9 Å². The van der Waals surface area contributed by atoms with E-state index in [4.69, 9.17) is 21.7 Å². The highest BCUT2D eigenvalue weighted by atomic mass is 32.1. The summed E-state index contributed by atoms with van der Waals surface area (Å²) in [4.78, 5) is 20.2. The van der Waals surface area contributed by atoms with Crippen LogP contribution in [-0.2, 0) is 4.74 Å². The summed E-state index contributed by atoms with van der Waals surface area (Å²) in [6, 6.07) is 20.8. The number of methoxy groups -OCH3 is 1. The van der Waals surface area contributed by atoms with Gasteiger partial charge in [-0.15, -0.1) is 0 Å². The number of benzene rings is 2. The van der Waals surface area contributed by atoms with Gasteiger partial charge in [-0.3, -0.25) is 15.1 Å². The Hall–Kier alpha value is -4.48. The van der Waals surface area contributed by atoms with Gasteiger partial charge in [-0.1, -0.05) is 6.07 Å². The van der Waals surface area contributed by atoms with E-state index in [0.717, 1.165) is 66.0 Å². The Bertz CT molecular complexity index is 1620. The molecule has 0 aliphatic carbocycles. The van der Waals surface area contributed by atoms with Gasteiger partial charge >= 0.3 is 0 Å². The molecule has 2 unspecified atom stereocenters. The number of aromatic nitrogens is 2. The zero-order chi connectivity index (χ0) is 29.4. The molecule has 0 radical (unpaired) electrons. The van der Waals surface area contributed by atoms with Crippen LogP contribution in [0.15, 0.2) is 72.9 Å². The van der Waals surface area contributed by atoms with Crippen LogP contribution in [0.3, 0.4) is 0 Å². The summed E-state index contributed by atoms with van der Waals surface area (Å²) in [5, 5.41) is 15.6. The second-order valence-corrected chi connectivity index (χ2v) is 10.8. The number of ether oxygens (including phenoxy) is 2. The third-order valence-corrected chi connectivity index (χ3v) is 8.32. The maximum Gasteiger partial charge on any atom is 0.273 e. The fourth-order valence-electron chi connectivity index (χ4n) is 6.02. The number of non-ortho nitro benzene ring substituents is 1. The van der Waals surface area contributed by atoms with Gasteiger partial charge in [-0.05, 0) is 80.2 Å². The number of rotatable bonds is 7. The number of aryl methyl sites for hydroxylation is 1. The van der Waals surface area contributed by atoms with Crippen molar-refractivity contribution in [1.29, 1.82) is 0 Å². The van der Waals surface area contributed by atoms with Crippen LogP contribution in [0.2, 0.25) is 0 Å². The molecule has 6 rings (SSSR count). The summed E-state index contributed by atoms with van der Waals surface area (Å²) in [6.45, 7) is 7.27. The van der Waals surface area contributed by atoms with Gasteiger partial charge in [0.15, 0.2) is 5.11 Å². The average molecular weight is 585 g/mol. The number of nitro groups is 1. The molecule has 10 nitrogen and oxygen atoms in total. The Balaban J connectivity index is 1.45. The normalized spacial score (nSPS) is 18.7. The standard InChI is InChI=1S/C31H32N6O4S/c1-20-18-25(21(2)35(20)27-12-11-24(37(38)39)19-28(27)40-3)30-29(26-6-4-5-13-32-26)33-31(42)36(30)23-9-7-22(8-10-23)34-14-16-41-17-15-34/h4-13,18-19,29-30H,14-17H2,1-3H3,(H,33,42). The van der Waals surface area contributed by atoms with Gasteiger partial charge in [0.2, 0.25) is 0 Å². The SMILES string of the molecule is COc1cc([N+](=O)[O-])ccc1-n1c(C)cc(C2C(c3ccccn3)NC(=S)N2c2ccc(N3CCOCC3)cc2)c1C. The summed E-state index contributed by atoms with van der Waals surface area (Å²) in [6.07, 6.45) is 1.79. The van der Waals surface area contributed by atoms with Crippen molar-refractivity contribution >= 4 is 34.4 Å². The molecule has 216 valence electrons. The predicted molar refractivity (Wildman–Crippen MR) is 166 cm³/mol. The van der Waals surface area contributed by atoms with Crippen molar-refractivity contribution in [1.82, 2.24) is 14.9 Å². The minimum absolute atomic E-state index is 0.0226. The van der Waals surface area contributed by atoms with E-state index in [9.17, 15) is 10.1 Å². The minimum atomic E-state index is -0.419. The largest absolute Gasteiger partial charge is 0.494 e. The molecule has 1 N–H and O–H groups in total. The molecule has 2 aliphatic heterocycles. The highest BCUT2D eigenvalue weighted by molar-refractivity contribution is 7.80. The lowest BCUT2D eigenvalue weighted by molar-refractivity contribution is -0.384. The number of nitrogens with zero attached hydrogens (tertiary/aromatic N) is 5. The van der Waals surface area contributed by atoms with Crippen LogP contribution in [0.4, 0.5) is 17.1 Å². The topological polar surface area (TPSA) is 97.9 Å². The average Bonchev–Trinajstić information content (AvgIpc) is 3.52. The van der Waals surface area contributed by atoms with Crippen molar-refractivity contribution in [2.45, 2.75) is 25.9 Å². The van der Waals surface area contributed by atoms with Crippen LogP contribution in [-0.4, -0.2) is 53.0 Å². The molecule has 0 spiro atoms. The van der Waals surface area contributed by atoms with Gasteiger partial charge < -0.3 is 29.2 Å². The van der Waals surface area contributed by atoms with E-state index in [2.05, 4.69) is 61.9 Å². The molecular formula is C31H32N6O4S. The molecule has 2 aliphatic rings. The van der Waals surface area contributed by atoms with Gasteiger partial charge in [0.25, 0.3) is 5.69 Å². The molecular weight excluding hydrogens is 552 g/mol. The number of nitrogens with one attached hydrogen (secondary N) is 1. The fraction of sp³-hybridized carbons (Fsp3) is 0.290. The first-order valence-electron chi connectivity index (χ1n) is 13.8. The molecule has 2 saturated heterocycles. The number of thiocarbonyl (C=S) groups is 1. The number of hydrogen-bond acceptors (Lipinski definition) is 7. The third kappa shape index (κ3) is 4.94. The van der Waals surface area contributed by atoms with E-state index < -0.39 is 4.92 Å². The van der Waals surface area contributed by atoms with Crippen molar-refractivity contribution < 1.29 is 14.4 Å². The number of hydrogen-bond donors (Lipinski definition) is 1. The Kier molecular flexibility index (Phi) is 7.53. The molecule has 2 atom stereocenters. The van der Waals surface area contributed by atoms with E-state index in [1.807, 2.05) is 25.1 Å². The van der Waals surface area contributed by atoms with Gasteiger partial charge in [-0.25, -0.2) is 0 Å². The number of anilines is 2. The van der Waals surface area contributed by atoms with Crippen LogP contribution in [0.25, 0.3) is 5.69 Å². The van der Waals surface area contributed by atoms with Crippen LogP contribution in [0.1, 0.15) is 34.7 Å². The van der Waals surface area contributed by atoms with E-state index in [0.29, 0.717) is 10.9 Å². The molecule has 4 heterocycles. The van der Waals surface area contributed by atoms with Gasteiger partial charge in [-0.2, -0.15) is 0 Å². The van der Waals surface area contributed by atoms with Crippen molar-refractivity contribution in [3.05, 3.63) is 106 Å². The first kappa shape index (κ1) is 27.7. The first-order chi connectivity index (χ1) is 20.4. The molecule has 2 aromatic heterocycles. The van der Waals surface area contributed by atoms with E-state index in [1.54, 1.807) is 12.3 Å². The molecule has 42 heavy (non-hydrogen) atoms. The molecule has 4 aromatic rings. The first-order valence-corrected chi connectivity index (χ1v) is 14.2. The molecule has 0 amide bonds. The van der Waals surface area contributed by atoms with E-state index >= 15 is 0 Å². The summed E-state index contributed by atoms with van der Waals surface area (Å²) in [5.74, 6) is 0.425. The lowest BCUT2D eigenvalue weighted by atomic mass is 9.96. The van der Waals surface area contributed by atoms with E-state index in [1.165, 1.54) is 19.2 Å². The number of nitro benzene ring substituents is 1. The van der Waals surface area contributed by atoms with Gasteiger partial charge in [0.05, 0.1) is 54.8 Å². The number of pyridine rings is 1. The quantitative estimate of drug-likeness (QED) is 0.173. The van der Waals surface area contributed by atoms with Crippen molar-refractivity contribution in [2.24, 2.45) is 0 Å². The Labute approximate surface area is 249 Å². The van der Waals surface area contributed by atoms with Crippen LogP contribution >= 0.6 is 12.2 Å². The number of morpholine rings is 1. The zero-order valence-corrected chi connectivity index (χ0v) is 24.5. The molecule has 2 aromatic carbocycles. The maximum atomic E-state index is 11.4. The van der Waals surface area contributed by atoms with Crippen LogP contribution in [0, 0.1) is 24.0 Å². The fourth-order valence-corrected chi connectivity index (χ4v) is 6.36. The predicted octanol–water partition coefficient (Wildman–Crippen LogP) is 5.42. The molecule has 11 heteroatoms. The summed E-state index contributed by atoms with van der Waals surface area (Å²) in [5.41, 5.74) is 6.73. The van der Waals surface area contributed by atoms with Crippen molar-refractivity contribution in [2.75, 3.05) is 43.2 Å². The second-order valence-electron chi connectivity index (χ2n) is 10.4. The Morgan fingerprint density at radius 1 is 1.05 bits per heavy atom. The monoisotopic (exact) mass is 584 g/mol. The maximum absolute atomic E-state index is 11.4. The summed E-state index contributed by atoms with van der Waals surface area (Å²) < 4.78 is 13.2. The van der Waals surface area contributed by atoms with Crippen LogP contribution in [0.5, 0.6) is 5.75 Å². The van der Waals surface area contributed by atoms with Crippen molar-refractivity contribution in [3.63, 3.8) is 0 Å². The van der Waals surface area contributed by atoms with Crippen molar-refractivity contribution in [3.8, 4) is 11.4 Å². The van der Waals surface area contributed by atoms with E-state index in [-0.39, 0.29) is 17.8 Å². The highest BCUT2D eigenvalue weighted by Crippen LogP contribution is 2.44. The smallest absolute Gasteiger partial charge is 0.273 e. The van der Waals surface area contributed by atoms with Gasteiger partial charge in [0, 0.05) is 48.1 Å². The summed E-state index contributed by atoms with van der Waals surface area (Å²) >= 11 is 5.96. The molecule has 0 bridgehead atoms. The lowest BCUT2D eigenvalue weighted by Gasteiger charge is -2.31. The van der Waals surface area contributed by atoms with Gasteiger partial charge in [0.1, 0.15) is 5.75 Å². The highest BCUT2D eigenvalue weighted by Gasteiger charge is 2.42. The second kappa shape index (κ2) is 11.4. The Morgan fingerprint density at radius 3 is 2.45 bits per heavy atom. The lowest BCUT2D eigenvalue weighted by Crippen LogP contribution is -2.36. The molecule has 0 saturated carbocycles. The molecule has 2 fully saturated rings. The minimum Gasteiger partial charge on any atom is -0.494 e. The zero-order valence-electron chi connectivity index (χ0n) is 23.7.